The molecule has 1 aliphatic rings. The van der Waals surface area contributed by atoms with Gasteiger partial charge in [-0.1, -0.05) is 18.2 Å². The molecule has 1 fully saturated rings. The van der Waals surface area contributed by atoms with Crippen molar-refractivity contribution < 1.29 is 8.42 Å². The summed E-state index contributed by atoms with van der Waals surface area (Å²) in [6.45, 7) is 1.99. The molecule has 1 unspecified atom stereocenters. The molecule has 0 spiro atoms. The number of aromatic nitrogens is 2. The van der Waals surface area contributed by atoms with Crippen LogP contribution in [0, 0.1) is 5.92 Å². The molecule has 8 heteroatoms. The van der Waals surface area contributed by atoms with Crippen LogP contribution in [0.1, 0.15) is 12.8 Å². The van der Waals surface area contributed by atoms with Crippen LogP contribution in [0.5, 0.6) is 0 Å². The molecule has 2 aromatic rings. The van der Waals surface area contributed by atoms with Gasteiger partial charge in [0, 0.05) is 13.1 Å². The molecule has 0 radical (unpaired) electrons. The van der Waals surface area contributed by atoms with Crippen LogP contribution in [0.2, 0.25) is 0 Å². The Morgan fingerprint density at radius 1 is 1.29 bits per heavy atom. The normalized spacial score (nSPS) is 19.0. The van der Waals surface area contributed by atoms with Crippen molar-refractivity contribution in [2.45, 2.75) is 17.7 Å². The number of nitrogens with one attached hydrogen (secondary N) is 1. The highest BCUT2D eigenvalue weighted by Crippen LogP contribution is 2.23. The van der Waals surface area contributed by atoms with Gasteiger partial charge in [-0.3, -0.25) is 0 Å². The second kappa shape index (κ2) is 8.11. The summed E-state index contributed by atoms with van der Waals surface area (Å²) >= 11 is 0. The molecule has 3 rings (SSSR count). The van der Waals surface area contributed by atoms with Crippen molar-refractivity contribution in [1.29, 1.82) is 0 Å². The lowest BCUT2D eigenvalue weighted by molar-refractivity contribution is 0.263. The van der Waals surface area contributed by atoms with Gasteiger partial charge in [-0.15, -0.1) is 12.4 Å². The molecule has 0 bridgehead atoms. The third-order valence-electron chi connectivity index (χ3n) is 4.19. The van der Waals surface area contributed by atoms with E-state index >= 15 is 0 Å². The first-order valence-electron chi connectivity index (χ1n) is 7.86. The van der Waals surface area contributed by atoms with Crippen molar-refractivity contribution in [3.8, 4) is 5.69 Å². The van der Waals surface area contributed by atoms with Gasteiger partial charge >= 0.3 is 0 Å². The standard InChI is InChI=1S/C16H22N4O2S.ClH/c1-17-10-14-6-5-9-19(12-14)23(21,22)16-11-18-20(13-16)15-7-3-2-4-8-15;/h2-4,7-8,11,13-14,17H,5-6,9-10,12H2,1H3;1H. The van der Waals surface area contributed by atoms with E-state index < -0.39 is 10.0 Å². The Hall–Kier alpha value is -1.41. The zero-order valence-corrected chi connectivity index (χ0v) is 15.3. The lowest BCUT2D eigenvalue weighted by Gasteiger charge is -2.31. The van der Waals surface area contributed by atoms with Gasteiger partial charge in [-0.05, 0) is 44.5 Å². The van der Waals surface area contributed by atoms with E-state index in [0.717, 1.165) is 25.1 Å². The third kappa shape index (κ3) is 3.97. The summed E-state index contributed by atoms with van der Waals surface area (Å²) in [4.78, 5) is 0.256. The number of piperidine rings is 1. The summed E-state index contributed by atoms with van der Waals surface area (Å²) in [7, 11) is -1.58. The summed E-state index contributed by atoms with van der Waals surface area (Å²) in [6, 6.07) is 9.51. The van der Waals surface area contributed by atoms with E-state index in [9.17, 15) is 8.42 Å². The van der Waals surface area contributed by atoms with Gasteiger partial charge in [-0.2, -0.15) is 9.40 Å². The summed E-state index contributed by atoms with van der Waals surface area (Å²) in [6.07, 6.45) is 4.99. The van der Waals surface area contributed by atoms with E-state index in [2.05, 4.69) is 10.4 Å². The first-order chi connectivity index (χ1) is 11.1. The second-order valence-electron chi connectivity index (χ2n) is 5.89. The average Bonchev–Trinajstić information content (AvgIpc) is 3.07. The van der Waals surface area contributed by atoms with Crippen molar-refractivity contribution in [3.63, 3.8) is 0 Å². The number of benzene rings is 1. The largest absolute Gasteiger partial charge is 0.319 e. The number of halogens is 1. The van der Waals surface area contributed by atoms with E-state index in [4.69, 9.17) is 0 Å². The smallest absolute Gasteiger partial charge is 0.246 e. The Bertz CT molecular complexity index is 746. The summed E-state index contributed by atoms with van der Waals surface area (Å²) < 4.78 is 28.9. The lowest BCUT2D eigenvalue weighted by Crippen LogP contribution is -2.42. The molecule has 0 aliphatic carbocycles. The van der Waals surface area contributed by atoms with Crippen LogP contribution in [0.15, 0.2) is 47.6 Å². The molecule has 1 N–H and O–H groups in total. The zero-order valence-electron chi connectivity index (χ0n) is 13.6. The van der Waals surface area contributed by atoms with E-state index in [-0.39, 0.29) is 17.3 Å². The second-order valence-corrected chi connectivity index (χ2v) is 7.82. The maximum absolute atomic E-state index is 12.8. The first kappa shape index (κ1) is 18.9. The number of nitrogens with zero attached hydrogens (tertiary/aromatic N) is 3. The third-order valence-corrected chi connectivity index (χ3v) is 6.01. The Balaban J connectivity index is 0.00000208. The maximum Gasteiger partial charge on any atom is 0.246 e. The number of hydrogen-bond donors (Lipinski definition) is 1. The van der Waals surface area contributed by atoms with Crippen LogP contribution in [-0.2, 0) is 10.0 Å². The highest BCUT2D eigenvalue weighted by atomic mass is 35.5. The summed E-state index contributed by atoms with van der Waals surface area (Å²) in [5, 5.41) is 7.34. The minimum atomic E-state index is -3.48. The molecule has 1 aromatic carbocycles. The lowest BCUT2D eigenvalue weighted by atomic mass is 10.00. The Morgan fingerprint density at radius 2 is 2.04 bits per heavy atom. The van der Waals surface area contributed by atoms with Crippen molar-refractivity contribution in [1.82, 2.24) is 19.4 Å². The summed E-state index contributed by atoms with van der Waals surface area (Å²) in [5.41, 5.74) is 0.848. The zero-order chi connectivity index (χ0) is 16.3. The van der Waals surface area contributed by atoms with Crippen LogP contribution in [0.25, 0.3) is 5.69 Å². The van der Waals surface area contributed by atoms with Crippen molar-refractivity contribution in [2.75, 3.05) is 26.7 Å². The van der Waals surface area contributed by atoms with Gasteiger partial charge < -0.3 is 5.32 Å². The van der Waals surface area contributed by atoms with Crippen LogP contribution in [0.4, 0.5) is 0 Å². The van der Waals surface area contributed by atoms with Crippen LogP contribution in [-0.4, -0.2) is 49.2 Å². The quantitative estimate of drug-likeness (QED) is 0.873. The SMILES string of the molecule is CNCC1CCCN(S(=O)(=O)c2cnn(-c3ccccc3)c2)C1.Cl. The number of sulfonamides is 1. The molecule has 2 heterocycles. The van der Waals surface area contributed by atoms with Crippen molar-refractivity contribution in [2.24, 2.45) is 5.92 Å². The van der Waals surface area contributed by atoms with Gasteiger partial charge in [0.2, 0.25) is 10.0 Å². The van der Waals surface area contributed by atoms with Gasteiger partial charge in [0.15, 0.2) is 0 Å². The predicted molar refractivity (Wildman–Crippen MR) is 96.2 cm³/mol. The Labute approximate surface area is 149 Å². The van der Waals surface area contributed by atoms with E-state index in [1.165, 1.54) is 6.20 Å². The number of rotatable bonds is 5. The molecular formula is C16H23ClN4O2S. The highest BCUT2D eigenvalue weighted by molar-refractivity contribution is 7.89. The molecule has 24 heavy (non-hydrogen) atoms. The Morgan fingerprint density at radius 3 is 2.75 bits per heavy atom. The van der Waals surface area contributed by atoms with Gasteiger partial charge in [-0.25, -0.2) is 13.1 Å². The monoisotopic (exact) mass is 370 g/mol. The van der Waals surface area contributed by atoms with Gasteiger partial charge in [0.05, 0.1) is 18.1 Å². The minimum Gasteiger partial charge on any atom is -0.319 e. The van der Waals surface area contributed by atoms with Gasteiger partial charge in [0.25, 0.3) is 0 Å². The first-order valence-corrected chi connectivity index (χ1v) is 9.30. The molecule has 132 valence electrons. The molecular weight excluding hydrogens is 348 g/mol. The van der Waals surface area contributed by atoms with Crippen LogP contribution < -0.4 is 5.32 Å². The molecule has 1 aliphatic heterocycles. The average molecular weight is 371 g/mol. The highest BCUT2D eigenvalue weighted by Gasteiger charge is 2.30. The fourth-order valence-electron chi connectivity index (χ4n) is 3.01. The predicted octanol–water partition coefficient (Wildman–Crippen LogP) is 1.91. The van der Waals surface area contributed by atoms with Crippen LogP contribution >= 0.6 is 12.4 Å². The fraction of sp³-hybridized carbons (Fsp3) is 0.438. The van der Waals surface area contributed by atoms with Crippen molar-refractivity contribution >= 4 is 22.4 Å². The molecule has 1 saturated heterocycles. The maximum atomic E-state index is 12.8. The molecule has 0 amide bonds. The van der Waals surface area contributed by atoms with Crippen molar-refractivity contribution in [3.05, 3.63) is 42.7 Å². The number of para-hydroxylation sites is 1. The Kier molecular flexibility index (Phi) is 6.40. The van der Waals surface area contributed by atoms with Crippen LogP contribution in [0.3, 0.4) is 0 Å². The topological polar surface area (TPSA) is 67.2 Å². The fourth-order valence-corrected chi connectivity index (χ4v) is 4.50. The molecule has 1 aromatic heterocycles. The minimum absolute atomic E-state index is 0. The van der Waals surface area contributed by atoms with Gasteiger partial charge in [0.1, 0.15) is 4.90 Å². The van der Waals surface area contributed by atoms with E-state index in [0.29, 0.717) is 19.0 Å². The molecule has 0 saturated carbocycles. The summed E-state index contributed by atoms with van der Waals surface area (Å²) in [5.74, 6) is 0.368. The van der Waals surface area contributed by atoms with E-state index in [1.54, 1.807) is 15.2 Å². The molecule has 1 atom stereocenters. The molecule has 6 nitrogen and oxygen atoms in total. The number of hydrogen-bond acceptors (Lipinski definition) is 4. The van der Waals surface area contributed by atoms with E-state index in [1.807, 2.05) is 37.4 Å².